The molecule has 0 saturated heterocycles. The number of aromatic nitrogens is 2. The number of aliphatic carboxylic acids is 1. The van der Waals surface area contributed by atoms with Crippen molar-refractivity contribution in [3.05, 3.63) is 18.2 Å². The summed E-state index contributed by atoms with van der Waals surface area (Å²) in [5.74, 6) is 0.610. The highest BCUT2D eigenvalue weighted by molar-refractivity contribution is 5.66. The Kier molecular flexibility index (Phi) is 7.14. The molecule has 2 N–H and O–H groups in total. The molecule has 4 heteroatoms. The van der Waals surface area contributed by atoms with E-state index in [9.17, 15) is 4.79 Å². The lowest BCUT2D eigenvalue weighted by Gasteiger charge is -2.00. The van der Waals surface area contributed by atoms with Crippen molar-refractivity contribution in [1.82, 2.24) is 4.98 Å². The molecule has 0 aliphatic rings. The Hall–Kier alpha value is -1.32. The maximum Gasteiger partial charge on any atom is 0.303 e. The molecule has 0 atom stereocenters. The second-order valence-electron chi connectivity index (χ2n) is 4.76. The molecule has 4 nitrogen and oxygen atoms in total. The highest BCUT2D eigenvalue weighted by Crippen LogP contribution is 2.06. The van der Waals surface area contributed by atoms with Gasteiger partial charge in [0.1, 0.15) is 12.4 Å². The van der Waals surface area contributed by atoms with Crippen molar-refractivity contribution in [3.63, 3.8) is 0 Å². The van der Waals surface area contributed by atoms with Gasteiger partial charge in [-0.25, -0.2) is 9.55 Å². The maximum atomic E-state index is 10.4. The number of aromatic amines is 1. The molecule has 0 aromatic carbocycles. The SMILES string of the molecule is CCCC[n+]1cc[nH]c1CCCCCCC(=O)O. The maximum absolute atomic E-state index is 10.4. The fourth-order valence-corrected chi connectivity index (χ4v) is 2.07. The Balaban J connectivity index is 2.15. The minimum Gasteiger partial charge on any atom is -0.481 e. The fraction of sp³-hybridized carbons (Fsp3) is 0.714. The second kappa shape index (κ2) is 8.72. The van der Waals surface area contributed by atoms with Gasteiger partial charge in [0.05, 0.1) is 6.54 Å². The summed E-state index contributed by atoms with van der Waals surface area (Å²) in [5.41, 5.74) is 0. The first kappa shape index (κ1) is 14.7. The number of aryl methyl sites for hydroxylation is 2. The van der Waals surface area contributed by atoms with Crippen LogP contribution in [-0.4, -0.2) is 16.1 Å². The van der Waals surface area contributed by atoms with Crippen LogP contribution in [0, 0.1) is 0 Å². The van der Waals surface area contributed by atoms with Crippen molar-refractivity contribution in [1.29, 1.82) is 0 Å². The Morgan fingerprint density at radius 3 is 2.78 bits per heavy atom. The van der Waals surface area contributed by atoms with E-state index in [2.05, 4.69) is 22.7 Å². The zero-order chi connectivity index (χ0) is 13.2. The van der Waals surface area contributed by atoms with E-state index in [1.54, 1.807) is 0 Å². The van der Waals surface area contributed by atoms with E-state index in [4.69, 9.17) is 5.11 Å². The first-order valence-corrected chi connectivity index (χ1v) is 7.01. The van der Waals surface area contributed by atoms with Gasteiger partial charge in [-0.2, -0.15) is 0 Å². The average molecular weight is 253 g/mol. The number of unbranched alkanes of at least 4 members (excludes halogenated alkanes) is 4. The molecule has 0 spiro atoms. The number of hydrogen-bond donors (Lipinski definition) is 2. The largest absolute Gasteiger partial charge is 0.481 e. The standard InChI is InChI=1S/C14H24N2O2/c1-2-3-11-16-12-10-15-13(16)8-6-4-5-7-9-14(17)18/h10,12H,2-9,11H2,1H3,(H,17,18)/p+1. The van der Waals surface area contributed by atoms with Gasteiger partial charge in [-0.05, 0) is 19.3 Å². The number of nitrogens with one attached hydrogen (secondary N) is 1. The van der Waals surface area contributed by atoms with Gasteiger partial charge in [0, 0.05) is 12.8 Å². The zero-order valence-electron chi connectivity index (χ0n) is 11.3. The van der Waals surface area contributed by atoms with Crippen LogP contribution in [0.2, 0.25) is 0 Å². The molecular weight excluding hydrogens is 228 g/mol. The number of hydrogen-bond acceptors (Lipinski definition) is 1. The van der Waals surface area contributed by atoms with Crippen molar-refractivity contribution in [2.24, 2.45) is 0 Å². The lowest BCUT2D eigenvalue weighted by molar-refractivity contribution is -0.703. The van der Waals surface area contributed by atoms with E-state index in [1.807, 2.05) is 6.20 Å². The van der Waals surface area contributed by atoms with Crippen molar-refractivity contribution in [3.8, 4) is 0 Å². The number of imidazole rings is 1. The van der Waals surface area contributed by atoms with Crippen LogP contribution in [0.25, 0.3) is 0 Å². The molecule has 1 heterocycles. The summed E-state index contributed by atoms with van der Waals surface area (Å²) in [5, 5.41) is 8.53. The van der Waals surface area contributed by atoms with Crippen LogP contribution >= 0.6 is 0 Å². The van der Waals surface area contributed by atoms with Gasteiger partial charge in [0.15, 0.2) is 0 Å². The molecular formula is C14H25N2O2+. The summed E-state index contributed by atoms with van der Waals surface area (Å²) >= 11 is 0. The summed E-state index contributed by atoms with van der Waals surface area (Å²) < 4.78 is 2.29. The minimum absolute atomic E-state index is 0.305. The Labute approximate surface area is 109 Å². The third kappa shape index (κ3) is 5.84. The van der Waals surface area contributed by atoms with Gasteiger partial charge < -0.3 is 5.11 Å². The molecule has 1 aromatic rings. The highest BCUT2D eigenvalue weighted by Gasteiger charge is 2.09. The van der Waals surface area contributed by atoms with E-state index < -0.39 is 5.97 Å². The van der Waals surface area contributed by atoms with Crippen LogP contribution in [0.15, 0.2) is 12.4 Å². The van der Waals surface area contributed by atoms with Crippen molar-refractivity contribution in [2.75, 3.05) is 0 Å². The quantitative estimate of drug-likeness (QED) is 0.497. The number of nitrogens with zero attached hydrogens (tertiary/aromatic N) is 1. The summed E-state index contributed by atoms with van der Waals surface area (Å²) in [7, 11) is 0. The van der Waals surface area contributed by atoms with Crippen LogP contribution < -0.4 is 4.57 Å². The van der Waals surface area contributed by atoms with Crippen LogP contribution in [0.3, 0.4) is 0 Å². The van der Waals surface area contributed by atoms with Gasteiger partial charge in [-0.15, -0.1) is 0 Å². The number of rotatable bonds is 10. The van der Waals surface area contributed by atoms with Crippen LogP contribution in [0.4, 0.5) is 0 Å². The molecule has 0 fully saturated rings. The Morgan fingerprint density at radius 2 is 2.06 bits per heavy atom. The molecule has 0 saturated carbocycles. The monoisotopic (exact) mass is 253 g/mol. The molecule has 0 radical (unpaired) electrons. The molecule has 0 bridgehead atoms. The number of H-pyrrole nitrogens is 1. The molecule has 0 amide bonds. The Morgan fingerprint density at radius 1 is 1.28 bits per heavy atom. The molecule has 1 rings (SSSR count). The molecule has 0 aliphatic heterocycles. The van der Waals surface area contributed by atoms with Gasteiger partial charge in [-0.1, -0.05) is 26.2 Å². The van der Waals surface area contributed by atoms with E-state index >= 15 is 0 Å². The van der Waals surface area contributed by atoms with Crippen LogP contribution in [0.1, 0.15) is 57.7 Å². The topological polar surface area (TPSA) is 57.0 Å². The average Bonchev–Trinajstić information content (AvgIpc) is 2.78. The first-order chi connectivity index (χ1) is 8.74. The molecule has 0 aliphatic carbocycles. The van der Waals surface area contributed by atoms with E-state index in [0.717, 1.165) is 38.6 Å². The first-order valence-electron chi connectivity index (χ1n) is 7.01. The lowest BCUT2D eigenvalue weighted by atomic mass is 10.1. The van der Waals surface area contributed by atoms with Crippen LogP contribution in [-0.2, 0) is 17.8 Å². The van der Waals surface area contributed by atoms with Gasteiger partial charge in [0.2, 0.25) is 0 Å². The third-order valence-electron chi connectivity index (χ3n) is 3.16. The van der Waals surface area contributed by atoms with Crippen LogP contribution in [0.5, 0.6) is 0 Å². The number of carboxylic acids is 1. The van der Waals surface area contributed by atoms with Gasteiger partial charge in [0.25, 0.3) is 5.82 Å². The van der Waals surface area contributed by atoms with E-state index in [1.165, 1.54) is 18.7 Å². The molecule has 102 valence electrons. The third-order valence-corrected chi connectivity index (χ3v) is 3.16. The highest BCUT2D eigenvalue weighted by atomic mass is 16.4. The predicted molar refractivity (Wildman–Crippen MR) is 70.3 cm³/mol. The van der Waals surface area contributed by atoms with Crippen molar-refractivity contribution >= 4 is 5.97 Å². The minimum atomic E-state index is -0.684. The van der Waals surface area contributed by atoms with Gasteiger partial charge >= 0.3 is 5.97 Å². The summed E-state index contributed by atoms with van der Waals surface area (Å²) in [6.07, 6.45) is 12.0. The predicted octanol–water partition coefficient (Wildman–Crippen LogP) is 2.68. The lowest BCUT2D eigenvalue weighted by Crippen LogP contribution is -2.36. The fourth-order valence-electron chi connectivity index (χ4n) is 2.07. The van der Waals surface area contributed by atoms with E-state index in [0.29, 0.717) is 6.42 Å². The second-order valence-corrected chi connectivity index (χ2v) is 4.76. The number of carboxylic acid groups (broad SMARTS) is 1. The van der Waals surface area contributed by atoms with E-state index in [-0.39, 0.29) is 0 Å². The summed E-state index contributed by atoms with van der Waals surface area (Å²) in [6.45, 7) is 3.30. The normalized spacial score (nSPS) is 10.7. The van der Waals surface area contributed by atoms with Gasteiger partial charge in [-0.3, -0.25) is 4.79 Å². The molecule has 1 aromatic heterocycles. The molecule has 0 unspecified atom stereocenters. The molecule has 18 heavy (non-hydrogen) atoms. The summed E-state index contributed by atoms with van der Waals surface area (Å²) in [4.78, 5) is 13.6. The smallest absolute Gasteiger partial charge is 0.303 e. The van der Waals surface area contributed by atoms with Crippen molar-refractivity contribution in [2.45, 2.75) is 64.8 Å². The Bertz CT molecular complexity index is 347. The van der Waals surface area contributed by atoms with Crippen molar-refractivity contribution < 1.29 is 14.5 Å². The zero-order valence-corrected chi connectivity index (χ0v) is 11.3. The summed E-state index contributed by atoms with van der Waals surface area (Å²) in [6, 6.07) is 0. The number of carbonyl (C=O) groups is 1.